The topological polar surface area (TPSA) is 50.8 Å². The van der Waals surface area contributed by atoms with Gasteiger partial charge in [0.1, 0.15) is 0 Å². The van der Waals surface area contributed by atoms with Crippen molar-refractivity contribution in [2.45, 2.75) is 44.8 Å². The fourth-order valence-electron chi connectivity index (χ4n) is 3.37. The number of carbonyl (C=O) groups is 1. The Kier molecular flexibility index (Phi) is 6.26. The SMILES string of the molecule is CCOC(=O)CC1CC(OC)CN1CC1CCCNC1. The molecule has 5 heteroatoms. The number of nitrogens with zero attached hydrogens (tertiary/aromatic N) is 1. The Morgan fingerprint density at radius 2 is 2.30 bits per heavy atom. The van der Waals surface area contributed by atoms with Gasteiger partial charge in [0.05, 0.1) is 19.1 Å². The van der Waals surface area contributed by atoms with Crippen molar-refractivity contribution < 1.29 is 14.3 Å². The second-order valence-electron chi connectivity index (χ2n) is 5.92. The van der Waals surface area contributed by atoms with Gasteiger partial charge in [0.2, 0.25) is 0 Å². The molecule has 2 rings (SSSR count). The molecule has 1 N–H and O–H groups in total. The maximum atomic E-state index is 11.7. The molecule has 0 aliphatic carbocycles. The van der Waals surface area contributed by atoms with Crippen molar-refractivity contribution in [1.29, 1.82) is 0 Å². The first-order valence-corrected chi connectivity index (χ1v) is 7.86. The molecular weight excluding hydrogens is 256 g/mol. The first-order chi connectivity index (χ1) is 9.72. The minimum absolute atomic E-state index is 0.0824. The van der Waals surface area contributed by atoms with Crippen LogP contribution in [0, 0.1) is 5.92 Å². The van der Waals surface area contributed by atoms with E-state index < -0.39 is 0 Å². The van der Waals surface area contributed by atoms with E-state index in [1.807, 2.05) is 6.92 Å². The maximum Gasteiger partial charge on any atom is 0.307 e. The number of likely N-dealkylation sites (tertiary alicyclic amines) is 1. The summed E-state index contributed by atoms with van der Waals surface area (Å²) in [4.78, 5) is 14.2. The van der Waals surface area contributed by atoms with Gasteiger partial charge in [-0.3, -0.25) is 9.69 Å². The molecule has 3 unspecified atom stereocenters. The number of carbonyl (C=O) groups excluding carboxylic acids is 1. The van der Waals surface area contributed by atoms with E-state index in [1.54, 1.807) is 7.11 Å². The predicted molar refractivity (Wildman–Crippen MR) is 77.6 cm³/mol. The van der Waals surface area contributed by atoms with Crippen LogP contribution < -0.4 is 5.32 Å². The first-order valence-electron chi connectivity index (χ1n) is 7.86. The van der Waals surface area contributed by atoms with Gasteiger partial charge < -0.3 is 14.8 Å². The smallest absolute Gasteiger partial charge is 0.307 e. The fourth-order valence-corrected chi connectivity index (χ4v) is 3.37. The Balaban J connectivity index is 1.87. The zero-order valence-corrected chi connectivity index (χ0v) is 12.8. The lowest BCUT2D eigenvalue weighted by molar-refractivity contribution is -0.144. The van der Waals surface area contributed by atoms with Crippen LogP contribution >= 0.6 is 0 Å². The van der Waals surface area contributed by atoms with Crippen molar-refractivity contribution >= 4 is 5.97 Å². The summed E-state index contributed by atoms with van der Waals surface area (Å²) in [6, 6.07) is 0.279. The molecule has 0 bridgehead atoms. The maximum absolute atomic E-state index is 11.7. The second kappa shape index (κ2) is 7.96. The van der Waals surface area contributed by atoms with Gasteiger partial charge in [-0.05, 0) is 45.2 Å². The number of hydrogen-bond donors (Lipinski definition) is 1. The standard InChI is InChI=1S/C15H28N2O3/c1-3-20-15(18)8-13-7-14(19-2)11-17(13)10-12-5-4-6-16-9-12/h12-14,16H,3-11H2,1-2H3. The largest absolute Gasteiger partial charge is 0.466 e. The highest BCUT2D eigenvalue weighted by molar-refractivity contribution is 5.70. The highest BCUT2D eigenvalue weighted by Gasteiger charge is 2.35. The number of piperidine rings is 1. The zero-order chi connectivity index (χ0) is 14.4. The molecule has 2 heterocycles. The highest BCUT2D eigenvalue weighted by atomic mass is 16.5. The summed E-state index contributed by atoms with van der Waals surface area (Å²) in [6.07, 6.45) is 4.23. The van der Waals surface area contributed by atoms with E-state index >= 15 is 0 Å². The first kappa shape index (κ1) is 15.7. The lowest BCUT2D eigenvalue weighted by Crippen LogP contribution is -2.41. The average Bonchev–Trinajstić information content (AvgIpc) is 2.82. The summed E-state index contributed by atoms with van der Waals surface area (Å²) in [5, 5.41) is 3.46. The molecular formula is C15H28N2O3. The van der Waals surface area contributed by atoms with Crippen LogP contribution in [-0.2, 0) is 14.3 Å². The Labute approximate surface area is 122 Å². The molecule has 0 aromatic carbocycles. The van der Waals surface area contributed by atoms with E-state index in [1.165, 1.54) is 12.8 Å². The summed E-state index contributed by atoms with van der Waals surface area (Å²) in [7, 11) is 1.76. The van der Waals surface area contributed by atoms with E-state index in [0.29, 0.717) is 18.9 Å². The van der Waals surface area contributed by atoms with Gasteiger partial charge in [0.15, 0.2) is 0 Å². The van der Waals surface area contributed by atoms with E-state index in [2.05, 4.69) is 10.2 Å². The van der Waals surface area contributed by atoms with Gasteiger partial charge in [0, 0.05) is 26.2 Å². The summed E-state index contributed by atoms with van der Waals surface area (Å²) in [5.41, 5.74) is 0. The number of rotatable bonds is 6. The van der Waals surface area contributed by atoms with Crippen LogP contribution in [0.25, 0.3) is 0 Å². The molecule has 0 saturated carbocycles. The highest BCUT2D eigenvalue weighted by Crippen LogP contribution is 2.25. The normalized spacial score (nSPS) is 31.4. The molecule has 0 aromatic heterocycles. The third-order valence-electron chi connectivity index (χ3n) is 4.42. The van der Waals surface area contributed by atoms with Gasteiger partial charge >= 0.3 is 5.97 Å². The fraction of sp³-hybridized carbons (Fsp3) is 0.933. The Morgan fingerprint density at radius 1 is 1.45 bits per heavy atom. The molecule has 20 heavy (non-hydrogen) atoms. The number of esters is 1. The molecule has 2 fully saturated rings. The number of nitrogens with one attached hydrogen (secondary N) is 1. The number of methoxy groups -OCH3 is 1. The molecule has 2 aliphatic rings. The average molecular weight is 284 g/mol. The Morgan fingerprint density at radius 3 is 2.95 bits per heavy atom. The van der Waals surface area contributed by atoms with Gasteiger partial charge in [-0.25, -0.2) is 0 Å². The molecule has 5 nitrogen and oxygen atoms in total. The van der Waals surface area contributed by atoms with Gasteiger partial charge in [0.25, 0.3) is 0 Å². The van der Waals surface area contributed by atoms with Gasteiger partial charge in [-0.15, -0.1) is 0 Å². The second-order valence-corrected chi connectivity index (χ2v) is 5.92. The lowest BCUT2D eigenvalue weighted by atomic mass is 9.98. The molecule has 3 atom stereocenters. The predicted octanol–water partition coefficient (Wildman–Crippen LogP) is 1.03. The number of ether oxygens (including phenoxy) is 2. The van der Waals surface area contributed by atoms with Crippen molar-refractivity contribution in [3.05, 3.63) is 0 Å². The minimum Gasteiger partial charge on any atom is -0.466 e. The summed E-state index contributed by atoms with van der Waals surface area (Å²) >= 11 is 0. The van der Waals surface area contributed by atoms with Crippen LogP contribution in [0.5, 0.6) is 0 Å². The number of hydrogen-bond acceptors (Lipinski definition) is 5. The van der Waals surface area contributed by atoms with Crippen LogP contribution in [0.15, 0.2) is 0 Å². The van der Waals surface area contributed by atoms with Crippen LogP contribution in [0.3, 0.4) is 0 Å². The third kappa shape index (κ3) is 4.43. The van der Waals surface area contributed by atoms with Crippen molar-refractivity contribution in [3.8, 4) is 0 Å². The molecule has 0 aromatic rings. The quantitative estimate of drug-likeness (QED) is 0.738. The monoisotopic (exact) mass is 284 g/mol. The Hall–Kier alpha value is -0.650. The van der Waals surface area contributed by atoms with Crippen molar-refractivity contribution in [1.82, 2.24) is 10.2 Å². The van der Waals surface area contributed by atoms with Crippen LogP contribution in [0.1, 0.15) is 32.6 Å². The molecule has 116 valence electrons. The molecule has 2 saturated heterocycles. The van der Waals surface area contributed by atoms with Gasteiger partial charge in [-0.1, -0.05) is 0 Å². The van der Waals surface area contributed by atoms with E-state index in [0.717, 1.165) is 32.6 Å². The van der Waals surface area contributed by atoms with Crippen molar-refractivity contribution in [2.75, 3.05) is 39.9 Å². The summed E-state index contributed by atoms with van der Waals surface area (Å²) in [6.45, 7) is 6.57. The van der Waals surface area contributed by atoms with Gasteiger partial charge in [-0.2, -0.15) is 0 Å². The van der Waals surface area contributed by atoms with Crippen LogP contribution in [0.4, 0.5) is 0 Å². The molecule has 0 amide bonds. The lowest BCUT2D eigenvalue weighted by Gasteiger charge is -2.30. The van der Waals surface area contributed by atoms with E-state index in [-0.39, 0.29) is 18.1 Å². The van der Waals surface area contributed by atoms with Crippen LogP contribution in [0.2, 0.25) is 0 Å². The summed E-state index contributed by atoms with van der Waals surface area (Å²) in [5.74, 6) is 0.616. The third-order valence-corrected chi connectivity index (χ3v) is 4.42. The zero-order valence-electron chi connectivity index (χ0n) is 12.8. The van der Waals surface area contributed by atoms with E-state index in [9.17, 15) is 4.79 Å². The minimum atomic E-state index is -0.0824. The summed E-state index contributed by atoms with van der Waals surface area (Å²) < 4.78 is 10.6. The van der Waals surface area contributed by atoms with Crippen molar-refractivity contribution in [3.63, 3.8) is 0 Å². The Bertz CT molecular complexity index is 305. The van der Waals surface area contributed by atoms with E-state index in [4.69, 9.17) is 9.47 Å². The van der Waals surface area contributed by atoms with Crippen LogP contribution in [-0.4, -0.2) is 62.9 Å². The molecule has 0 spiro atoms. The van der Waals surface area contributed by atoms with Crippen molar-refractivity contribution in [2.24, 2.45) is 5.92 Å². The molecule has 0 radical (unpaired) electrons. The molecule has 2 aliphatic heterocycles.